The van der Waals surface area contributed by atoms with Gasteiger partial charge in [0.05, 0.1) is 17.9 Å². The summed E-state index contributed by atoms with van der Waals surface area (Å²) in [5.41, 5.74) is 7.82. The van der Waals surface area contributed by atoms with E-state index in [1.807, 2.05) is 44.4 Å². The summed E-state index contributed by atoms with van der Waals surface area (Å²) >= 11 is 0. The van der Waals surface area contributed by atoms with E-state index >= 15 is 0 Å². The highest BCUT2D eigenvalue weighted by Crippen LogP contribution is 2.27. The molecule has 2 unspecified atom stereocenters. The molecule has 12 heteroatoms. The zero-order chi connectivity index (χ0) is 29.8. The molecule has 2 aromatic heterocycles. The number of carbonyl (C=O) groups is 2. The fraction of sp³-hybridized carbons (Fsp3) is 0.333. The zero-order valence-corrected chi connectivity index (χ0v) is 23.8. The summed E-state index contributed by atoms with van der Waals surface area (Å²) in [6.07, 6.45) is 5.58. The number of likely N-dealkylation sites (tertiary alicyclic amines) is 1. The van der Waals surface area contributed by atoms with E-state index < -0.39 is 6.09 Å². The number of carbonyl (C=O) groups excluding carboxylic acids is 2. The quantitative estimate of drug-likeness (QED) is 0.285. The van der Waals surface area contributed by atoms with Crippen LogP contribution in [-0.2, 0) is 7.05 Å². The second kappa shape index (κ2) is 12.4. The van der Waals surface area contributed by atoms with Crippen molar-refractivity contribution in [3.63, 3.8) is 0 Å². The van der Waals surface area contributed by atoms with Gasteiger partial charge in [0.2, 0.25) is 0 Å². The number of fused-ring (bicyclic) bond motifs is 1. The molecule has 1 aliphatic heterocycles. The number of anilines is 1. The van der Waals surface area contributed by atoms with E-state index in [0.29, 0.717) is 42.6 Å². The molecule has 2 aromatic carbocycles. The molecule has 0 radical (unpaired) electrons. The van der Waals surface area contributed by atoms with E-state index in [1.165, 1.54) is 7.05 Å². The summed E-state index contributed by atoms with van der Waals surface area (Å²) in [6, 6.07) is 12.5. The Morgan fingerprint density at radius 2 is 1.90 bits per heavy atom. The van der Waals surface area contributed by atoms with Crippen molar-refractivity contribution >= 4 is 28.6 Å². The normalized spacial score (nSPS) is 15.6. The summed E-state index contributed by atoms with van der Waals surface area (Å²) < 4.78 is 26.3. The number of rotatable bonds is 9. The first kappa shape index (κ1) is 28.8. The molecule has 0 bridgehead atoms. The number of aromatic nitrogens is 3. The van der Waals surface area contributed by atoms with Crippen LogP contribution in [0.3, 0.4) is 0 Å². The fourth-order valence-electron chi connectivity index (χ4n) is 4.85. The molecule has 2 atom stereocenters. The highest BCUT2D eigenvalue weighted by molar-refractivity contribution is 5.99. The number of pyridine rings is 1. The van der Waals surface area contributed by atoms with Gasteiger partial charge in [0, 0.05) is 63.3 Å². The van der Waals surface area contributed by atoms with E-state index in [1.54, 1.807) is 40.2 Å². The van der Waals surface area contributed by atoms with Crippen LogP contribution in [0, 0.1) is 0 Å². The van der Waals surface area contributed by atoms with Crippen molar-refractivity contribution in [1.82, 2.24) is 30.1 Å². The van der Waals surface area contributed by atoms with Gasteiger partial charge in [0.1, 0.15) is 17.3 Å². The molecule has 0 aliphatic carbocycles. The summed E-state index contributed by atoms with van der Waals surface area (Å²) in [7, 11) is 3.19. The maximum atomic E-state index is 13.0. The highest BCUT2D eigenvalue weighted by Gasteiger charge is 2.29. The van der Waals surface area contributed by atoms with Crippen LogP contribution in [-0.4, -0.2) is 75.6 Å². The fourth-order valence-corrected chi connectivity index (χ4v) is 4.85. The van der Waals surface area contributed by atoms with Gasteiger partial charge in [0.15, 0.2) is 0 Å². The van der Waals surface area contributed by atoms with Crippen LogP contribution >= 0.6 is 0 Å². The lowest BCUT2D eigenvalue weighted by atomic mass is 10.1. The van der Waals surface area contributed by atoms with E-state index in [4.69, 9.17) is 15.2 Å². The third kappa shape index (κ3) is 6.95. The minimum Gasteiger partial charge on any atom is -0.491 e. The van der Waals surface area contributed by atoms with Crippen molar-refractivity contribution < 1.29 is 23.5 Å². The average Bonchev–Trinajstić information content (AvgIpc) is 3.61. The maximum Gasteiger partial charge on any atom is 0.415 e. The van der Waals surface area contributed by atoms with Gasteiger partial charge in [-0.1, -0.05) is 12.1 Å². The van der Waals surface area contributed by atoms with E-state index in [9.17, 15) is 14.1 Å². The predicted octanol–water partition coefficient (Wildman–Crippen LogP) is 4.19. The molecule has 2 amide bonds. The molecule has 3 N–H and O–H groups in total. The van der Waals surface area contributed by atoms with Crippen molar-refractivity contribution in [2.24, 2.45) is 7.05 Å². The third-order valence-electron chi connectivity index (χ3n) is 7.15. The number of ether oxygens (including phenoxy) is 2. The van der Waals surface area contributed by atoms with Gasteiger partial charge in [-0.3, -0.25) is 9.48 Å². The monoisotopic (exact) mass is 575 g/mol. The minimum absolute atomic E-state index is 0.126. The first-order valence-corrected chi connectivity index (χ1v) is 13.7. The van der Waals surface area contributed by atoms with E-state index in [2.05, 4.69) is 15.4 Å². The predicted molar refractivity (Wildman–Crippen MR) is 157 cm³/mol. The van der Waals surface area contributed by atoms with Gasteiger partial charge < -0.3 is 25.4 Å². The molecule has 3 heterocycles. The summed E-state index contributed by atoms with van der Waals surface area (Å²) in [4.78, 5) is 31.7. The number of hydrogen-bond donors (Lipinski definition) is 2. The highest BCUT2D eigenvalue weighted by atomic mass is 19.2. The van der Waals surface area contributed by atoms with Crippen molar-refractivity contribution in [3.05, 3.63) is 66.6 Å². The molecule has 42 heavy (non-hydrogen) atoms. The number of hydrogen-bond acceptors (Lipinski definition) is 8. The molecule has 0 saturated carbocycles. The first-order chi connectivity index (χ1) is 20.1. The number of nitrogen functional groups attached to an aromatic ring is 1. The lowest BCUT2D eigenvalue weighted by Gasteiger charge is -2.18. The molecular weight excluding hydrogens is 541 g/mol. The number of nitrogens with zero attached hydrogens (tertiary/aromatic N) is 5. The molecule has 220 valence electrons. The summed E-state index contributed by atoms with van der Waals surface area (Å²) in [5.74, 6) is 0.820. The van der Waals surface area contributed by atoms with Gasteiger partial charge in [-0.15, -0.1) is 9.60 Å². The number of halogens is 1. The standard InChI is InChI=1S/C30H34FN7O4/c1-19(8-10-36(2)31)41-25-6-4-20-5-7-26(13-21(20)12-25)42-30(40)38-11-9-24(18-38)35-29(39)27-14-22(15-33-28(27)32)23-16-34-37(3)17-23/h4-7,12-17,19,24H,8-11,18H2,1-3H3,(H2,32,33)(H,35,39). The summed E-state index contributed by atoms with van der Waals surface area (Å²) in [5, 5.41) is 9.56. The Balaban J connectivity index is 1.18. The zero-order valence-electron chi connectivity index (χ0n) is 23.8. The van der Waals surface area contributed by atoms with Crippen molar-refractivity contribution in [2.45, 2.75) is 31.9 Å². The smallest absolute Gasteiger partial charge is 0.415 e. The van der Waals surface area contributed by atoms with Crippen LogP contribution in [0.2, 0.25) is 0 Å². The van der Waals surface area contributed by atoms with Gasteiger partial charge in [0.25, 0.3) is 5.91 Å². The van der Waals surface area contributed by atoms with Crippen LogP contribution in [0.4, 0.5) is 15.1 Å². The van der Waals surface area contributed by atoms with Crippen LogP contribution in [0.15, 0.2) is 61.1 Å². The molecule has 0 spiro atoms. The molecule has 1 aliphatic rings. The molecule has 4 aromatic rings. The van der Waals surface area contributed by atoms with Crippen LogP contribution in [0.1, 0.15) is 30.1 Å². The average molecular weight is 576 g/mol. The number of nitrogens with two attached hydrogens (primary N) is 1. The second-order valence-corrected chi connectivity index (χ2v) is 10.5. The van der Waals surface area contributed by atoms with E-state index in [-0.39, 0.29) is 36.0 Å². The molecule has 1 saturated heterocycles. The maximum absolute atomic E-state index is 13.0. The Hall–Kier alpha value is -4.71. The molecule has 11 nitrogen and oxygen atoms in total. The van der Waals surface area contributed by atoms with Crippen molar-refractivity contribution in [2.75, 3.05) is 32.4 Å². The Morgan fingerprint density at radius 3 is 2.64 bits per heavy atom. The molecule has 5 rings (SSSR count). The number of nitrogens with one attached hydrogen (secondary N) is 1. The number of aryl methyl sites for hydroxylation is 1. The van der Waals surface area contributed by atoms with Crippen LogP contribution in [0.25, 0.3) is 21.9 Å². The van der Waals surface area contributed by atoms with Crippen LogP contribution < -0.4 is 20.5 Å². The second-order valence-electron chi connectivity index (χ2n) is 10.5. The van der Waals surface area contributed by atoms with Crippen molar-refractivity contribution in [1.29, 1.82) is 0 Å². The van der Waals surface area contributed by atoms with Gasteiger partial charge in [-0.2, -0.15) is 5.10 Å². The Kier molecular flexibility index (Phi) is 8.53. The number of amides is 2. The Labute approximate surface area is 242 Å². The minimum atomic E-state index is -0.498. The van der Waals surface area contributed by atoms with Gasteiger partial charge in [-0.05, 0) is 60.9 Å². The summed E-state index contributed by atoms with van der Waals surface area (Å²) in [6.45, 7) is 2.91. The Morgan fingerprint density at radius 1 is 1.14 bits per heavy atom. The van der Waals surface area contributed by atoms with Crippen LogP contribution in [0.5, 0.6) is 11.5 Å². The molecular formula is C30H34FN7O4. The van der Waals surface area contributed by atoms with Crippen molar-refractivity contribution in [3.8, 4) is 22.6 Å². The van der Waals surface area contributed by atoms with Gasteiger partial charge in [-0.25, -0.2) is 9.78 Å². The number of benzene rings is 2. The van der Waals surface area contributed by atoms with Gasteiger partial charge >= 0.3 is 6.09 Å². The SMILES string of the molecule is CC(CCN(C)F)Oc1ccc2ccc(OC(=O)N3CCC(NC(=O)c4cc(-c5cnn(C)c5)cnc4N)C3)cc2c1. The van der Waals surface area contributed by atoms with E-state index in [0.717, 1.165) is 21.9 Å². The lowest BCUT2D eigenvalue weighted by molar-refractivity contribution is 0.0451. The first-order valence-electron chi connectivity index (χ1n) is 13.7. The Bertz CT molecular complexity index is 1590. The third-order valence-corrected chi connectivity index (χ3v) is 7.15. The molecule has 1 fully saturated rings. The lowest BCUT2D eigenvalue weighted by Crippen LogP contribution is -2.39. The topological polar surface area (TPSA) is 128 Å². The largest absolute Gasteiger partial charge is 0.491 e.